The van der Waals surface area contributed by atoms with Gasteiger partial charge in [0.05, 0.1) is 12.7 Å². The number of hydrogen-bond donors (Lipinski definition) is 3. The monoisotopic (exact) mass is 365 g/mol. The number of ether oxygens (including phenoxy) is 1. The lowest BCUT2D eigenvalue weighted by Gasteiger charge is -2.34. The predicted molar refractivity (Wildman–Crippen MR) is 94.9 cm³/mol. The van der Waals surface area contributed by atoms with Crippen LogP contribution < -0.4 is 15.7 Å². The number of anilines is 1. The highest BCUT2D eigenvalue weighted by atomic mass is 16.5. The standard InChI is InChI=1S/C17H27N5O4/c1-11(2)8-14(16(24)26-3)20-13-4-6-22(7-5-13)17-18-9-12(10-19-17)15(23)21-25/h9-11,13-14,20,25H,4-8H2,1-3H3,(H,21,23)/t14-/m0/s1. The zero-order valence-electron chi connectivity index (χ0n) is 15.4. The van der Waals surface area contributed by atoms with E-state index in [1.54, 1.807) is 5.48 Å². The molecule has 1 fully saturated rings. The lowest BCUT2D eigenvalue weighted by Crippen LogP contribution is -2.49. The van der Waals surface area contributed by atoms with Crippen LogP contribution in [0.5, 0.6) is 0 Å². The number of nitrogens with zero attached hydrogens (tertiary/aromatic N) is 3. The summed E-state index contributed by atoms with van der Waals surface area (Å²) in [7, 11) is 1.41. The van der Waals surface area contributed by atoms with E-state index in [1.807, 2.05) is 4.90 Å². The van der Waals surface area contributed by atoms with Gasteiger partial charge in [-0.05, 0) is 25.2 Å². The molecule has 0 aromatic carbocycles. The SMILES string of the molecule is COC(=O)[C@H](CC(C)C)NC1CCN(c2ncc(C(=O)NO)cn2)CC1. The fourth-order valence-electron chi connectivity index (χ4n) is 3.04. The van der Waals surface area contributed by atoms with E-state index in [0.717, 1.165) is 32.4 Å². The third-order valence-electron chi connectivity index (χ3n) is 4.41. The fourth-order valence-corrected chi connectivity index (χ4v) is 3.04. The molecule has 9 heteroatoms. The van der Waals surface area contributed by atoms with Crippen LogP contribution in [0.3, 0.4) is 0 Å². The van der Waals surface area contributed by atoms with Gasteiger partial charge in [-0.15, -0.1) is 0 Å². The predicted octanol–water partition coefficient (Wildman–Crippen LogP) is 0.742. The van der Waals surface area contributed by atoms with Crippen LogP contribution in [-0.2, 0) is 9.53 Å². The molecule has 0 saturated carbocycles. The average molecular weight is 365 g/mol. The largest absolute Gasteiger partial charge is 0.468 e. The molecule has 0 unspecified atom stereocenters. The van der Waals surface area contributed by atoms with Gasteiger partial charge in [0, 0.05) is 31.5 Å². The smallest absolute Gasteiger partial charge is 0.322 e. The van der Waals surface area contributed by atoms with E-state index in [1.165, 1.54) is 19.5 Å². The van der Waals surface area contributed by atoms with Crippen LogP contribution >= 0.6 is 0 Å². The number of carbonyl (C=O) groups is 2. The Balaban J connectivity index is 1.89. The first-order chi connectivity index (χ1) is 12.4. The van der Waals surface area contributed by atoms with Gasteiger partial charge < -0.3 is 15.0 Å². The molecule has 0 bridgehead atoms. The Hall–Kier alpha value is -2.26. The van der Waals surface area contributed by atoms with E-state index in [4.69, 9.17) is 9.94 Å². The van der Waals surface area contributed by atoms with Crippen molar-refractivity contribution in [1.29, 1.82) is 0 Å². The molecule has 0 spiro atoms. The lowest BCUT2D eigenvalue weighted by molar-refractivity contribution is -0.143. The van der Waals surface area contributed by atoms with Crippen molar-refractivity contribution in [3.8, 4) is 0 Å². The van der Waals surface area contributed by atoms with Crippen molar-refractivity contribution in [2.75, 3.05) is 25.1 Å². The molecule has 1 aliphatic rings. The van der Waals surface area contributed by atoms with Gasteiger partial charge in [0.25, 0.3) is 5.91 Å². The summed E-state index contributed by atoms with van der Waals surface area (Å²) >= 11 is 0. The topological polar surface area (TPSA) is 117 Å². The van der Waals surface area contributed by atoms with Crippen molar-refractivity contribution >= 4 is 17.8 Å². The van der Waals surface area contributed by atoms with E-state index in [9.17, 15) is 9.59 Å². The molecule has 1 aromatic heterocycles. The number of esters is 1. The molecule has 1 atom stereocenters. The van der Waals surface area contributed by atoms with E-state index in [2.05, 4.69) is 29.1 Å². The highest BCUT2D eigenvalue weighted by Crippen LogP contribution is 2.17. The highest BCUT2D eigenvalue weighted by Gasteiger charge is 2.27. The normalized spacial score (nSPS) is 16.4. The van der Waals surface area contributed by atoms with Crippen molar-refractivity contribution in [3.63, 3.8) is 0 Å². The first kappa shape index (κ1) is 20.1. The van der Waals surface area contributed by atoms with Gasteiger partial charge in [-0.1, -0.05) is 13.8 Å². The van der Waals surface area contributed by atoms with E-state index < -0.39 is 5.91 Å². The number of carbonyl (C=O) groups excluding carboxylic acids is 2. The second-order valence-electron chi connectivity index (χ2n) is 6.85. The average Bonchev–Trinajstić information content (AvgIpc) is 2.66. The molecule has 1 saturated heterocycles. The van der Waals surface area contributed by atoms with Crippen LogP contribution in [0.1, 0.15) is 43.5 Å². The molecule has 9 nitrogen and oxygen atoms in total. The Bertz CT molecular complexity index is 600. The molecule has 144 valence electrons. The molecule has 3 N–H and O–H groups in total. The lowest BCUT2D eigenvalue weighted by atomic mass is 9.99. The second-order valence-corrected chi connectivity index (χ2v) is 6.85. The highest BCUT2D eigenvalue weighted by molar-refractivity contribution is 5.92. The summed E-state index contributed by atoms with van der Waals surface area (Å²) in [5.74, 6) is 0.0834. The summed E-state index contributed by atoms with van der Waals surface area (Å²) in [5.41, 5.74) is 1.75. The minimum atomic E-state index is -0.640. The first-order valence-electron chi connectivity index (χ1n) is 8.79. The Morgan fingerprint density at radius 3 is 2.42 bits per heavy atom. The summed E-state index contributed by atoms with van der Waals surface area (Å²) in [6.45, 7) is 5.66. The zero-order valence-corrected chi connectivity index (χ0v) is 15.4. The van der Waals surface area contributed by atoms with Gasteiger partial charge in [-0.3, -0.25) is 14.8 Å². The number of nitrogens with one attached hydrogen (secondary N) is 2. The quantitative estimate of drug-likeness (QED) is 0.368. The van der Waals surface area contributed by atoms with Crippen LogP contribution in [0.4, 0.5) is 5.95 Å². The van der Waals surface area contributed by atoms with Crippen molar-refractivity contribution < 1.29 is 19.5 Å². The Morgan fingerprint density at radius 2 is 1.92 bits per heavy atom. The van der Waals surface area contributed by atoms with Gasteiger partial charge in [-0.2, -0.15) is 0 Å². The van der Waals surface area contributed by atoms with Crippen molar-refractivity contribution in [3.05, 3.63) is 18.0 Å². The number of hydroxylamine groups is 1. The fraction of sp³-hybridized carbons (Fsp3) is 0.647. The molecule has 2 heterocycles. The molecule has 0 radical (unpaired) electrons. The van der Waals surface area contributed by atoms with Crippen LogP contribution in [0.15, 0.2) is 12.4 Å². The summed E-state index contributed by atoms with van der Waals surface area (Å²) in [6, 6.07) is -0.0578. The summed E-state index contributed by atoms with van der Waals surface area (Å²) in [5, 5.41) is 12.0. The van der Waals surface area contributed by atoms with Gasteiger partial charge in [0.1, 0.15) is 6.04 Å². The molecule has 0 aliphatic carbocycles. The van der Waals surface area contributed by atoms with Gasteiger partial charge in [-0.25, -0.2) is 15.4 Å². The van der Waals surface area contributed by atoms with Crippen LogP contribution in [-0.4, -0.2) is 59.3 Å². The van der Waals surface area contributed by atoms with E-state index >= 15 is 0 Å². The minimum Gasteiger partial charge on any atom is -0.468 e. The number of rotatable bonds is 7. The zero-order chi connectivity index (χ0) is 19.1. The van der Waals surface area contributed by atoms with Gasteiger partial charge in [0.15, 0.2) is 0 Å². The first-order valence-corrected chi connectivity index (χ1v) is 8.79. The molecule has 1 amide bonds. The maximum absolute atomic E-state index is 12.0. The van der Waals surface area contributed by atoms with Crippen molar-refractivity contribution in [2.24, 2.45) is 5.92 Å². The summed E-state index contributed by atoms with van der Waals surface area (Å²) < 4.78 is 4.90. The summed E-state index contributed by atoms with van der Waals surface area (Å²) in [6.07, 6.45) is 5.22. The van der Waals surface area contributed by atoms with Crippen LogP contribution in [0.2, 0.25) is 0 Å². The van der Waals surface area contributed by atoms with Gasteiger partial charge >= 0.3 is 5.97 Å². The third-order valence-corrected chi connectivity index (χ3v) is 4.41. The Labute approximate surface area is 153 Å². The third kappa shape index (κ3) is 5.37. The number of methoxy groups -OCH3 is 1. The minimum absolute atomic E-state index is 0.197. The van der Waals surface area contributed by atoms with E-state index in [-0.39, 0.29) is 23.6 Å². The van der Waals surface area contributed by atoms with Crippen molar-refractivity contribution in [1.82, 2.24) is 20.8 Å². The van der Waals surface area contributed by atoms with Crippen LogP contribution in [0.25, 0.3) is 0 Å². The Morgan fingerprint density at radius 1 is 1.31 bits per heavy atom. The van der Waals surface area contributed by atoms with Crippen molar-refractivity contribution in [2.45, 2.75) is 45.2 Å². The number of amides is 1. The Kier molecular flexibility index (Phi) is 7.28. The summed E-state index contributed by atoms with van der Waals surface area (Å²) in [4.78, 5) is 33.7. The number of aromatic nitrogens is 2. The van der Waals surface area contributed by atoms with E-state index in [0.29, 0.717) is 11.9 Å². The molecular weight excluding hydrogens is 338 g/mol. The second kappa shape index (κ2) is 9.44. The number of hydrogen-bond acceptors (Lipinski definition) is 8. The maximum Gasteiger partial charge on any atom is 0.322 e. The van der Waals surface area contributed by atoms with Crippen LogP contribution in [0, 0.1) is 5.92 Å². The maximum atomic E-state index is 12.0. The molecule has 1 aromatic rings. The molecule has 2 rings (SSSR count). The molecule has 26 heavy (non-hydrogen) atoms. The number of piperidine rings is 1. The molecule has 1 aliphatic heterocycles. The van der Waals surface area contributed by atoms with Gasteiger partial charge in [0.2, 0.25) is 5.95 Å². The molecular formula is C17H27N5O4.